The average Bonchev–Trinajstić information content (AvgIpc) is 3.09. The van der Waals surface area contributed by atoms with E-state index in [0.29, 0.717) is 16.1 Å². The Morgan fingerprint density at radius 1 is 1.27 bits per heavy atom. The van der Waals surface area contributed by atoms with E-state index in [1.54, 1.807) is 43.3 Å². The lowest BCUT2D eigenvalue weighted by Gasteiger charge is -2.36. The van der Waals surface area contributed by atoms with Gasteiger partial charge in [0.05, 0.1) is 6.61 Å². The smallest absolute Gasteiger partial charge is 0.337 e. The van der Waals surface area contributed by atoms with E-state index >= 15 is 0 Å². The van der Waals surface area contributed by atoms with Crippen molar-refractivity contribution in [3.8, 4) is 0 Å². The van der Waals surface area contributed by atoms with Crippen LogP contribution in [0.2, 0.25) is 5.02 Å². The number of carbonyl (C=O) groups excluding carboxylic acids is 2. The Kier molecular flexibility index (Phi) is 4.01. The number of halogens is 1. The summed E-state index contributed by atoms with van der Waals surface area (Å²) < 4.78 is 5.39. The molecule has 5 nitrogen and oxygen atoms in total. The van der Waals surface area contributed by atoms with Gasteiger partial charge in [0.2, 0.25) is 0 Å². The van der Waals surface area contributed by atoms with Gasteiger partial charge in [-0.25, -0.2) is 4.79 Å². The fourth-order valence-corrected chi connectivity index (χ4v) is 4.42. The van der Waals surface area contributed by atoms with Gasteiger partial charge in [-0.15, -0.1) is 0 Å². The molecule has 3 atom stereocenters. The first-order valence-electron chi connectivity index (χ1n) is 8.55. The summed E-state index contributed by atoms with van der Waals surface area (Å²) in [6, 6.07) is 14.1. The molecule has 0 aromatic heterocycles. The maximum atomic E-state index is 13.2. The van der Waals surface area contributed by atoms with E-state index in [9.17, 15) is 14.7 Å². The Morgan fingerprint density at radius 2 is 1.96 bits per heavy atom. The molecule has 2 aromatic rings. The van der Waals surface area contributed by atoms with Crippen molar-refractivity contribution in [3.63, 3.8) is 0 Å². The van der Waals surface area contributed by atoms with Gasteiger partial charge in [0.1, 0.15) is 6.23 Å². The number of ether oxygens (including phenoxy) is 1. The van der Waals surface area contributed by atoms with Crippen LogP contribution < -0.4 is 0 Å². The van der Waals surface area contributed by atoms with E-state index in [1.807, 2.05) is 12.1 Å². The maximum Gasteiger partial charge on any atom is 0.337 e. The molecular weight excluding hydrogens is 354 g/mol. The summed E-state index contributed by atoms with van der Waals surface area (Å²) in [5, 5.41) is 11.3. The van der Waals surface area contributed by atoms with Crippen molar-refractivity contribution < 1.29 is 19.4 Å². The minimum absolute atomic E-state index is 0.189. The Hall–Kier alpha value is -2.37. The molecule has 0 spiro atoms. The summed E-state index contributed by atoms with van der Waals surface area (Å²) in [6.07, 6.45) is -0.819. The van der Waals surface area contributed by atoms with Crippen LogP contribution in [0.25, 0.3) is 0 Å². The molecule has 2 aliphatic rings. The number of hydrogen-bond acceptors (Lipinski definition) is 4. The molecule has 4 rings (SSSR count). The molecule has 0 radical (unpaired) electrons. The zero-order valence-electron chi connectivity index (χ0n) is 14.2. The minimum atomic E-state index is -1.36. The van der Waals surface area contributed by atoms with Crippen molar-refractivity contribution in [2.24, 2.45) is 0 Å². The number of nitrogens with zero attached hydrogens (tertiary/aromatic N) is 1. The monoisotopic (exact) mass is 371 g/mol. The third-order valence-corrected chi connectivity index (χ3v) is 5.53. The lowest BCUT2D eigenvalue weighted by molar-refractivity contribution is -0.158. The van der Waals surface area contributed by atoms with Gasteiger partial charge in [-0.1, -0.05) is 41.9 Å². The number of fused-ring (bicyclic) bond motifs is 3. The van der Waals surface area contributed by atoms with E-state index in [2.05, 4.69) is 0 Å². The standard InChI is InChI=1S/C20H18ClNO4/c1-2-26-19(25)20-15-6-4-3-5-14(15)18(24)22(20)17(23)11-16(20)12-7-9-13(21)10-8-12/h3-10,16-17,23H,2,11H2,1H3/t16-,17+,20+/m1/s1. The van der Waals surface area contributed by atoms with Crippen LogP contribution in [0, 0.1) is 0 Å². The van der Waals surface area contributed by atoms with Crippen molar-refractivity contribution in [1.29, 1.82) is 0 Å². The quantitative estimate of drug-likeness (QED) is 0.842. The molecule has 6 heteroatoms. The Labute approximate surface area is 156 Å². The summed E-state index contributed by atoms with van der Waals surface area (Å²) in [5.74, 6) is -1.30. The molecule has 2 aromatic carbocycles. The number of benzene rings is 2. The van der Waals surface area contributed by atoms with Crippen LogP contribution >= 0.6 is 11.6 Å². The lowest BCUT2D eigenvalue weighted by Crippen LogP contribution is -2.51. The fourth-order valence-electron chi connectivity index (χ4n) is 4.30. The molecule has 2 heterocycles. The molecular formula is C20H18ClNO4. The van der Waals surface area contributed by atoms with Gasteiger partial charge < -0.3 is 9.84 Å². The van der Waals surface area contributed by atoms with E-state index in [1.165, 1.54) is 4.90 Å². The van der Waals surface area contributed by atoms with Crippen LogP contribution in [0.1, 0.15) is 40.7 Å². The third-order valence-electron chi connectivity index (χ3n) is 5.27. The van der Waals surface area contributed by atoms with E-state index < -0.39 is 23.7 Å². The molecule has 1 amide bonds. The second-order valence-electron chi connectivity index (χ2n) is 6.53. The zero-order chi connectivity index (χ0) is 18.5. The van der Waals surface area contributed by atoms with Crippen LogP contribution in [0.4, 0.5) is 0 Å². The summed E-state index contributed by atoms with van der Waals surface area (Å²) in [6.45, 7) is 1.92. The average molecular weight is 372 g/mol. The highest BCUT2D eigenvalue weighted by molar-refractivity contribution is 6.30. The summed E-state index contributed by atoms with van der Waals surface area (Å²) in [4.78, 5) is 27.5. The highest BCUT2D eigenvalue weighted by Crippen LogP contribution is 2.56. The van der Waals surface area contributed by atoms with Crippen molar-refractivity contribution in [2.45, 2.75) is 31.0 Å². The normalized spacial score (nSPS) is 26.6. The molecule has 2 aliphatic heterocycles. The zero-order valence-corrected chi connectivity index (χ0v) is 14.9. The van der Waals surface area contributed by atoms with Gasteiger partial charge in [0.15, 0.2) is 5.54 Å². The SMILES string of the molecule is CCOC(=O)[C@@]12c3ccccc3C(=O)N1[C@@H](O)C[C@@H]2c1ccc(Cl)cc1. The molecule has 26 heavy (non-hydrogen) atoms. The fraction of sp³-hybridized carbons (Fsp3) is 0.300. The molecule has 1 N–H and O–H groups in total. The molecule has 0 aliphatic carbocycles. The Bertz CT molecular complexity index is 882. The molecule has 0 unspecified atom stereocenters. The highest BCUT2D eigenvalue weighted by atomic mass is 35.5. The molecule has 0 bridgehead atoms. The van der Waals surface area contributed by atoms with Gasteiger partial charge in [-0.05, 0) is 30.7 Å². The largest absolute Gasteiger partial charge is 0.464 e. The first-order valence-corrected chi connectivity index (χ1v) is 8.93. The van der Waals surface area contributed by atoms with Gasteiger partial charge in [-0.3, -0.25) is 9.69 Å². The van der Waals surface area contributed by atoms with Crippen molar-refractivity contribution in [1.82, 2.24) is 4.90 Å². The lowest BCUT2D eigenvalue weighted by atomic mass is 9.75. The van der Waals surface area contributed by atoms with E-state index in [-0.39, 0.29) is 18.9 Å². The molecule has 0 saturated carbocycles. The van der Waals surface area contributed by atoms with Crippen LogP contribution in [0.15, 0.2) is 48.5 Å². The number of amides is 1. The van der Waals surface area contributed by atoms with Gasteiger partial charge in [0, 0.05) is 28.5 Å². The number of rotatable bonds is 3. The summed E-state index contributed by atoms with van der Waals surface area (Å²) >= 11 is 6.00. The van der Waals surface area contributed by atoms with Gasteiger partial charge >= 0.3 is 5.97 Å². The van der Waals surface area contributed by atoms with Gasteiger partial charge in [0.25, 0.3) is 5.91 Å². The number of aliphatic hydroxyl groups is 1. The molecule has 134 valence electrons. The van der Waals surface area contributed by atoms with Crippen LogP contribution in [0.5, 0.6) is 0 Å². The molecule has 1 fully saturated rings. The van der Waals surface area contributed by atoms with Crippen LogP contribution in [-0.2, 0) is 15.1 Å². The van der Waals surface area contributed by atoms with Gasteiger partial charge in [-0.2, -0.15) is 0 Å². The summed E-state index contributed by atoms with van der Waals surface area (Å²) in [5.41, 5.74) is 0.475. The van der Waals surface area contributed by atoms with E-state index in [4.69, 9.17) is 16.3 Å². The first-order chi connectivity index (χ1) is 12.5. The second-order valence-corrected chi connectivity index (χ2v) is 6.96. The summed E-state index contributed by atoms with van der Waals surface area (Å²) in [7, 11) is 0. The van der Waals surface area contributed by atoms with Crippen molar-refractivity contribution >= 4 is 23.5 Å². The number of esters is 1. The van der Waals surface area contributed by atoms with Crippen molar-refractivity contribution in [3.05, 3.63) is 70.2 Å². The topological polar surface area (TPSA) is 66.8 Å². The minimum Gasteiger partial charge on any atom is -0.464 e. The predicted molar refractivity (Wildman–Crippen MR) is 95.7 cm³/mol. The number of aliphatic hydroxyl groups excluding tert-OH is 1. The third kappa shape index (κ3) is 2.14. The number of carbonyl (C=O) groups is 2. The predicted octanol–water partition coefficient (Wildman–Crippen LogP) is 3.06. The first kappa shape index (κ1) is 17.1. The second kappa shape index (κ2) is 6.11. The van der Waals surface area contributed by atoms with Crippen LogP contribution in [-0.4, -0.2) is 34.7 Å². The highest BCUT2D eigenvalue weighted by Gasteiger charge is 2.66. The Balaban J connectivity index is 1.97. The molecule has 1 saturated heterocycles. The van der Waals surface area contributed by atoms with Crippen molar-refractivity contribution in [2.75, 3.05) is 6.61 Å². The van der Waals surface area contributed by atoms with E-state index in [0.717, 1.165) is 5.56 Å². The maximum absolute atomic E-state index is 13.2. The Morgan fingerprint density at radius 3 is 2.65 bits per heavy atom. The number of hydrogen-bond donors (Lipinski definition) is 1. The van der Waals surface area contributed by atoms with Crippen LogP contribution in [0.3, 0.4) is 0 Å².